The second kappa shape index (κ2) is 12.7. The molecule has 0 aliphatic carbocycles. The normalized spacial score (nSPS) is 12.2. The molecule has 4 heteroatoms. The van der Waals surface area contributed by atoms with Gasteiger partial charge in [-0.3, -0.25) is 4.79 Å². The molecular formula is C18H28BrNO2. The van der Waals surface area contributed by atoms with Gasteiger partial charge in [-0.25, -0.2) is 0 Å². The smallest absolute Gasteiger partial charge is 0.222 e. The van der Waals surface area contributed by atoms with Crippen LogP contribution in [0.25, 0.3) is 0 Å². The second-order valence-electron chi connectivity index (χ2n) is 5.70. The van der Waals surface area contributed by atoms with Gasteiger partial charge in [0.2, 0.25) is 5.91 Å². The quantitative estimate of drug-likeness (QED) is 0.413. The van der Waals surface area contributed by atoms with Crippen molar-refractivity contribution in [1.82, 2.24) is 0 Å². The van der Waals surface area contributed by atoms with Crippen LogP contribution in [-0.2, 0) is 16.1 Å². The molecule has 2 N–H and O–H groups in total. The monoisotopic (exact) mass is 369 g/mol. The first kappa shape index (κ1) is 19.2. The van der Waals surface area contributed by atoms with Crippen LogP contribution in [0.5, 0.6) is 0 Å². The molecule has 0 aromatic heterocycles. The number of hydrogen-bond donors (Lipinski definition) is 1. The van der Waals surface area contributed by atoms with Crippen LogP contribution in [-0.4, -0.2) is 17.8 Å². The topological polar surface area (TPSA) is 52.3 Å². The summed E-state index contributed by atoms with van der Waals surface area (Å²) in [5.41, 5.74) is 6.60. The van der Waals surface area contributed by atoms with Gasteiger partial charge >= 0.3 is 0 Å². The highest BCUT2D eigenvalue weighted by molar-refractivity contribution is 9.09. The summed E-state index contributed by atoms with van der Waals surface area (Å²) >= 11 is 3.44. The predicted molar refractivity (Wildman–Crippen MR) is 94.9 cm³/mol. The predicted octanol–water partition coefficient (Wildman–Crippen LogP) is 4.43. The average Bonchev–Trinajstić information content (AvgIpc) is 2.53. The van der Waals surface area contributed by atoms with Crippen LogP contribution in [0.4, 0.5) is 0 Å². The lowest BCUT2D eigenvalue weighted by Gasteiger charge is -2.13. The summed E-state index contributed by atoms with van der Waals surface area (Å²) in [5.74, 6) is -0.404. The van der Waals surface area contributed by atoms with E-state index in [0.29, 0.717) is 13.2 Å². The minimum absolute atomic E-state index is 0.161. The van der Waals surface area contributed by atoms with Crippen LogP contribution in [0.2, 0.25) is 0 Å². The molecule has 0 heterocycles. The molecule has 124 valence electrons. The molecule has 0 fully saturated rings. The number of halogens is 1. The Balaban J connectivity index is 2.12. The number of hydrogen-bond acceptors (Lipinski definition) is 2. The fourth-order valence-corrected chi connectivity index (χ4v) is 2.79. The van der Waals surface area contributed by atoms with Crippen LogP contribution < -0.4 is 5.73 Å². The van der Waals surface area contributed by atoms with E-state index in [2.05, 4.69) is 15.9 Å². The van der Waals surface area contributed by atoms with Gasteiger partial charge in [-0.05, 0) is 18.4 Å². The number of primary amides is 1. The number of rotatable bonds is 13. The number of alkyl halides is 1. The van der Waals surface area contributed by atoms with Crippen LogP contribution in [0.1, 0.15) is 50.5 Å². The largest absolute Gasteiger partial charge is 0.376 e. The van der Waals surface area contributed by atoms with E-state index in [-0.39, 0.29) is 11.8 Å². The van der Waals surface area contributed by atoms with E-state index in [4.69, 9.17) is 10.5 Å². The summed E-state index contributed by atoms with van der Waals surface area (Å²) in [4.78, 5) is 11.5. The molecule has 0 saturated heterocycles. The van der Waals surface area contributed by atoms with Crippen molar-refractivity contribution in [2.45, 2.75) is 51.6 Å². The Hall–Kier alpha value is -0.870. The minimum Gasteiger partial charge on any atom is -0.376 e. The van der Waals surface area contributed by atoms with Crippen molar-refractivity contribution in [3.05, 3.63) is 35.9 Å². The van der Waals surface area contributed by atoms with Gasteiger partial charge in [-0.15, -0.1) is 0 Å². The van der Waals surface area contributed by atoms with Crippen molar-refractivity contribution in [2.24, 2.45) is 11.7 Å². The Morgan fingerprint density at radius 2 is 1.68 bits per heavy atom. The summed E-state index contributed by atoms with van der Waals surface area (Å²) in [5, 5.41) is 1.09. The molecule has 1 aromatic carbocycles. The Bertz CT molecular complexity index is 397. The van der Waals surface area contributed by atoms with Crippen molar-refractivity contribution in [3.63, 3.8) is 0 Å². The third-order valence-electron chi connectivity index (χ3n) is 3.77. The molecule has 0 radical (unpaired) electrons. The number of benzene rings is 1. The number of nitrogens with two attached hydrogens (primary N) is 1. The lowest BCUT2D eigenvalue weighted by molar-refractivity contribution is -0.124. The van der Waals surface area contributed by atoms with Gasteiger partial charge < -0.3 is 10.5 Å². The molecule has 1 aromatic rings. The molecule has 0 aliphatic rings. The highest BCUT2D eigenvalue weighted by atomic mass is 79.9. The molecule has 1 atom stereocenters. The zero-order valence-electron chi connectivity index (χ0n) is 13.3. The highest BCUT2D eigenvalue weighted by Crippen LogP contribution is 2.14. The maximum absolute atomic E-state index is 11.5. The Morgan fingerprint density at radius 1 is 1.05 bits per heavy atom. The Labute approximate surface area is 142 Å². The first-order valence-corrected chi connectivity index (χ1v) is 9.33. The summed E-state index contributed by atoms with van der Waals surface area (Å²) in [6.45, 7) is 0.963. The van der Waals surface area contributed by atoms with Crippen molar-refractivity contribution >= 4 is 21.8 Å². The zero-order valence-corrected chi connectivity index (χ0v) is 14.9. The summed E-state index contributed by atoms with van der Waals surface area (Å²) in [6.07, 6.45) is 8.10. The first-order chi connectivity index (χ1) is 10.7. The van der Waals surface area contributed by atoms with Gasteiger partial charge in [0.15, 0.2) is 0 Å². The lowest BCUT2D eigenvalue weighted by atomic mass is 10.0. The molecule has 1 amide bonds. The van der Waals surface area contributed by atoms with E-state index in [9.17, 15) is 4.79 Å². The number of ether oxygens (including phenoxy) is 1. The van der Waals surface area contributed by atoms with E-state index in [0.717, 1.165) is 23.7 Å². The van der Waals surface area contributed by atoms with Gasteiger partial charge in [0.25, 0.3) is 0 Å². The Morgan fingerprint density at radius 3 is 2.32 bits per heavy atom. The molecule has 0 bridgehead atoms. The van der Waals surface area contributed by atoms with Crippen LogP contribution in [0.3, 0.4) is 0 Å². The molecule has 0 aliphatic heterocycles. The number of unbranched alkanes of at least 4 members (excludes halogenated alkanes) is 5. The maximum atomic E-state index is 11.5. The SMILES string of the molecule is NC(=O)[C@H](CCCCCCCCBr)COCc1ccccc1. The molecular weight excluding hydrogens is 342 g/mol. The average molecular weight is 370 g/mol. The van der Waals surface area contributed by atoms with Gasteiger partial charge in [-0.2, -0.15) is 0 Å². The second-order valence-corrected chi connectivity index (χ2v) is 6.49. The van der Waals surface area contributed by atoms with E-state index < -0.39 is 0 Å². The van der Waals surface area contributed by atoms with Crippen LogP contribution in [0, 0.1) is 5.92 Å². The number of carbonyl (C=O) groups is 1. The van der Waals surface area contributed by atoms with Gasteiger partial charge in [-0.1, -0.05) is 78.4 Å². The fourth-order valence-electron chi connectivity index (χ4n) is 2.39. The minimum atomic E-state index is -0.243. The third kappa shape index (κ3) is 9.21. The van der Waals surface area contributed by atoms with Crippen molar-refractivity contribution in [2.75, 3.05) is 11.9 Å². The fraction of sp³-hybridized carbons (Fsp3) is 0.611. The van der Waals surface area contributed by atoms with E-state index >= 15 is 0 Å². The molecule has 0 spiro atoms. The van der Waals surface area contributed by atoms with Gasteiger partial charge in [0.05, 0.1) is 19.1 Å². The van der Waals surface area contributed by atoms with E-state index in [1.165, 1.54) is 32.1 Å². The zero-order chi connectivity index (χ0) is 16.0. The Kier molecular flexibility index (Phi) is 11.0. The highest BCUT2D eigenvalue weighted by Gasteiger charge is 2.15. The molecule has 0 unspecified atom stereocenters. The summed E-state index contributed by atoms with van der Waals surface area (Å²) < 4.78 is 5.65. The standard InChI is InChI=1S/C18H28BrNO2/c19-13-9-4-2-1-3-8-12-17(18(20)21)15-22-14-16-10-6-5-7-11-16/h5-7,10-11,17H,1-4,8-9,12-15H2,(H2,20,21)/t17-/m1/s1. The summed E-state index contributed by atoms with van der Waals surface area (Å²) in [7, 11) is 0. The lowest BCUT2D eigenvalue weighted by Crippen LogP contribution is -2.27. The third-order valence-corrected chi connectivity index (χ3v) is 4.33. The number of carbonyl (C=O) groups excluding carboxylic acids is 1. The molecule has 1 rings (SSSR count). The van der Waals surface area contributed by atoms with E-state index in [1.807, 2.05) is 30.3 Å². The van der Waals surface area contributed by atoms with Crippen molar-refractivity contribution in [1.29, 1.82) is 0 Å². The van der Waals surface area contributed by atoms with Gasteiger partial charge in [0, 0.05) is 5.33 Å². The van der Waals surface area contributed by atoms with E-state index in [1.54, 1.807) is 0 Å². The van der Waals surface area contributed by atoms with Crippen molar-refractivity contribution < 1.29 is 9.53 Å². The molecule has 3 nitrogen and oxygen atoms in total. The van der Waals surface area contributed by atoms with Crippen LogP contribution in [0.15, 0.2) is 30.3 Å². The molecule has 22 heavy (non-hydrogen) atoms. The van der Waals surface area contributed by atoms with Gasteiger partial charge in [0.1, 0.15) is 0 Å². The maximum Gasteiger partial charge on any atom is 0.222 e. The van der Waals surface area contributed by atoms with Crippen molar-refractivity contribution in [3.8, 4) is 0 Å². The first-order valence-electron chi connectivity index (χ1n) is 8.21. The summed E-state index contributed by atoms with van der Waals surface area (Å²) in [6, 6.07) is 9.99. The number of amides is 1. The van der Waals surface area contributed by atoms with Crippen LogP contribution >= 0.6 is 15.9 Å². The molecule has 0 saturated carbocycles.